The maximum Gasteiger partial charge on any atom is 0.0763 e. The van der Waals surface area contributed by atoms with Gasteiger partial charge in [-0.15, -0.1) is 22.7 Å². The van der Waals surface area contributed by atoms with E-state index in [4.69, 9.17) is 5.84 Å². The molecule has 2 nitrogen and oxygen atoms in total. The highest BCUT2D eigenvalue weighted by molar-refractivity contribution is 7.27. The molecule has 0 fully saturated rings. The minimum atomic E-state index is 0.215. The van der Waals surface area contributed by atoms with Crippen molar-refractivity contribution < 1.29 is 0 Å². The van der Waals surface area contributed by atoms with Gasteiger partial charge in [0.05, 0.1) is 6.04 Å². The number of hydrogen-bond acceptors (Lipinski definition) is 4. The van der Waals surface area contributed by atoms with Crippen LogP contribution in [-0.2, 0) is 0 Å². The van der Waals surface area contributed by atoms with E-state index < -0.39 is 0 Å². The Labute approximate surface area is 115 Å². The van der Waals surface area contributed by atoms with Gasteiger partial charge in [-0.05, 0) is 43.2 Å². The second-order valence-electron chi connectivity index (χ2n) is 4.78. The van der Waals surface area contributed by atoms with Crippen molar-refractivity contribution in [2.75, 3.05) is 0 Å². The normalized spacial score (nSPS) is 18.6. The van der Waals surface area contributed by atoms with Crippen LogP contribution in [0.1, 0.15) is 43.0 Å². The molecule has 96 valence electrons. The van der Waals surface area contributed by atoms with E-state index in [1.165, 1.54) is 52.0 Å². The Morgan fingerprint density at radius 3 is 3.00 bits per heavy atom. The van der Waals surface area contributed by atoms with Crippen molar-refractivity contribution in [3.05, 3.63) is 34.0 Å². The third-order valence-electron chi connectivity index (χ3n) is 3.56. The van der Waals surface area contributed by atoms with Crippen molar-refractivity contribution in [2.45, 2.75) is 38.1 Å². The number of fused-ring (bicyclic) bond motifs is 1. The van der Waals surface area contributed by atoms with Crippen LogP contribution in [-0.4, -0.2) is 0 Å². The third-order valence-corrected chi connectivity index (χ3v) is 5.71. The topological polar surface area (TPSA) is 38.0 Å². The molecule has 1 unspecified atom stereocenters. The van der Waals surface area contributed by atoms with Gasteiger partial charge in [-0.1, -0.05) is 18.1 Å². The van der Waals surface area contributed by atoms with E-state index in [1.807, 2.05) is 22.7 Å². The second-order valence-corrected chi connectivity index (χ2v) is 6.84. The van der Waals surface area contributed by atoms with Gasteiger partial charge in [0.15, 0.2) is 0 Å². The maximum atomic E-state index is 5.80. The maximum absolute atomic E-state index is 5.80. The highest BCUT2D eigenvalue weighted by atomic mass is 32.1. The average molecular weight is 278 g/mol. The summed E-state index contributed by atoms with van der Waals surface area (Å²) in [7, 11) is 0. The van der Waals surface area contributed by atoms with E-state index in [0.29, 0.717) is 0 Å². The SMILES string of the molecule is NNC(C1=CCCCCC1)c1cc2sccc2s1. The molecule has 0 amide bonds. The molecule has 0 radical (unpaired) electrons. The van der Waals surface area contributed by atoms with Gasteiger partial charge in [0.2, 0.25) is 0 Å². The fourth-order valence-electron chi connectivity index (χ4n) is 2.60. The van der Waals surface area contributed by atoms with E-state index in [1.54, 1.807) is 0 Å². The van der Waals surface area contributed by atoms with Gasteiger partial charge in [-0.25, -0.2) is 5.43 Å². The zero-order valence-corrected chi connectivity index (χ0v) is 11.9. The highest BCUT2D eigenvalue weighted by Gasteiger charge is 2.18. The lowest BCUT2D eigenvalue weighted by Crippen LogP contribution is -2.28. The molecule has 0 saturated heterocycles. The van der Waals surface area contributed by atoms with Crippen LogP contribution in [0.15, 0.2) is 29.2 Å². The Morgan fingerprint density at radius 2 is 2.17 bits per heavy atom. The zero-order chi connectivity index (χ0) is 12.4. The molecule has 2 heterocycles. The molecule has 0 saturated carbocycles. The van der Waals surface area contributed by atoms with Crippen molar-refractivity contribution in [1.82, 2.24) is 5.43 Å². The first-order chi connectivity index (χ1) is 8.88. The summed E-state index contributed by atoms with van der Waals surface area (Å²) in [5.74, 6) is 5.80. The predicted molar refractivity (Wildman–Crippen MR) is 80.9 cm³/mol. The van der Waals surface area contributed by atoms with E-state index in [-0.39, 0.29) is 6.04 Å². The molecule has 1 atom stereocenters. The van der Waals surface area contributed by atoms with Crippen LogP contribution in [0.3, 0.4) is 0 Å². The smallest absolute Gasteiger partial charge is 0.0763 e. The van der Waals surface area contributed by atoms with Crippen LogP contribution in [0.2, 0.25) is 0 Å². The van der Waals surface area contributed by atoms with Crippen LogP contribution < -0.4 is 11.3 Å². The van der Waals surface area contributed by atoms with Crippen LogP contribution in [0, 0.1) is 0 Å². The van der Waals surface area contributed by atoms with Crippen molar-refractivity contribution in [1.29, 1.82) is 0 Å². The van der Waals surface area contributed by atoms with E-state index in [9.17, 15) is 0 Å². The second kappa shape index (κ2) is 5.53. The molecule has 18 heavy (non-hydrogen) atoms. The van der Waals surface area contributed by atoms with Crippen molar-refractivity contribution >= 4 is 32.1 Å². The number of thiophene rings is 2. The zero-order valence-electron chi connectivity index (χ0n) is 10.3. The van der Waals surface area contributed by atoms with E-state index in [0.717, 1.165) is 0 Å². The standard InChI is InChI=1S/C14H18N2S2/c15-16-14(10-5-3-1-2-4-6-10)13-9-12-11(18-13)7-8-17-12/h5,7-9,14,16H,1-4,6,15H2. The summed E-state index contributed by atoms with van der Waals surface area (Å²) < 4.78 is 2.76. The van der Waals surface area contributed by atoms with Gasteiger partial charge in [0.1, 0.15) is 0 Å². The van der Waals surface area contributed by atoms with E-state index in [2.05, 4.69) is 29.0 Å². The van der Waals surface area contributed by atoms with Gasteiger partial charge >= 0.3 is 0 Å². The molecule has 0 spiro atoms. The molecular weight excluding hydrogens is 260 g/mol. The number of rotatable bonds is 3. The summed E-state index contributed by atoms with van der Waals surface area (Å²) in [5, 5.41) is 2.15. The Balaban J connectivity index is 1.91. The fraction of sp³-hybridized carbons (Fsp3) is 0.429. The summed E-state index contributed by atoms with van der Waals surface area (Å²) in [5.41, 5.74) is 4.49. The Bertz CT molecular complexity index is 524. The predicted octanol–water partition coefficient (Wildman–Crippen LogP) is 4.36. The van der Waals surface area contributed by atoms with Crippen molar-refractivity contribution in [3.63, 3.8) is 0 Å². The molecule has 3 N–H and O–H groups in total. The third kappa shape index (κ3) is 2.38. The molecule has 4 heteroatoms. The lowest BCUT2D eigenvalue weighted by Gasteiger charge is -2.17. The molecule has 1 aliphatic carbocycles. The number of hydrazine groups is 1. The Kier molecular flexibility index (Phi) is 3.80. The molecule has 2 aromatic heterocycles. The van der Waals surface area contributed by atoms with Crippen LogP contribution in [0.25, 0.3) is 9.40 Å². The summed E-state index contributed by atoms with van der Waals surface area (Å²) in [6, 6.07) is 4.71. The number of allylic oxidation sites excluding steroid dienone is 1. The average Bonchev–Trinajstić information content (AvgIpc) is 2.84. The molecule has 3 rings (SSSR count). The minimum Gasteiger partial charge on any atom is -0.271 e. The van der Waals surface area contributed by atoms with Crippen LogP contribution in [0.4, 0.5) is 0 Å². The van der Waals surface area contributed by atoms with Crippen molar-refractivity contribution in [2.24, 2.45) is 5.84 Å². The quantitative estimate of drug-likeness (QED) is 0.497. The highest BCUT2D eigenvalue weighted by Crippen LogP contribution is 2.37. The number of nitrogens with two attached hydrogens (primary N) is 1. The van der Waals surface area contributed by atoms with Crippen molar-refractivity contribution in [3.8, 4) is 0 Å². The molecular formula is C14H18N2S2. The van der Waals surface area contributed by atoms with E-state index >= 15 is 0 Å². The van der Waals surface area contributed by atoms with Crippen LogP contribution in [0.5, 0.6) is 0 Å². The fourth-order valence-corrected chi connectivity index (χ4v) is 4.82. The molecule has 2 aromatic rings. The van der Waals surface area contributed by atoms with Crippen LogP contribution >= 0.6 is 22.7 Å². The van der Waals surface area contributed by atoms with Gasteiger partial charge in [0, 0.05) is 14.3 Å². The molecule has 0 aromatic carbocycles. The molecule has 0 bridgehead atoms. The summed E-state index contributed by atoms with van der Waals surface area (Å²) in [4.78, 5) is 1.35. The number of hydrogen-bond donors (Lipinski definition) is 2. The lowest BCUT2D eigenvalue weighted by atomic mass is 10.0. The first-order valence-electron chi connectivity index (χ1n) is 6.50. The summed E-state index contributed by atoms with van der Waals surface area (Å²) in [6.45, 7) is 0. The number of nitrogens with one attached hydrogen (secondary N) is 1. The Hall–Kier alpha value is -0.680. The lowest BCUT2D eigenvalue weighted by molar-refractivity contribution is 0.601. The first-order valence-corrected chi connectivity index (χ1v) is 8.20. The summed E-state index contributed by atoms with van der Waals surface area (Å²) >= 11 is 3.67. The summed E-state index contributed by atoms with van der Waals surface area (Å²) in [6.07, 6.45) is 8.74. The Morgan fingerprint density at radius 1 is 1.22 bits per heavy atom. The molecule has 0 aliphatic heterocycles. The van der Waals surface area contributed by atoms with Gasteiger partial charge in [-0.3, -0.25) is 5.84 Å². The first kappa shape index (κ1) is 12.4. The van der Waals surface area contributed by atoms with Gasteiger partial charge < -0.3 is 0 Å². The molecule has 1 aliphatic rings. The monoisotopic (exact) mass is 278 g/mol. The van der Waals surface area contributed by atoms with Gasteiger partial charge in [-0.2, -0.15) is 0 Å². The largest absolute Gasteiger partial charge is 0.271 e. The van der Waals surface area contributed by atoms with Gasteiger partial charge in [0.25, 0.3) is 0 Å². The minimum absolute atomic E-state index is 0.215.